The molecular weight excluding hydrogens is 216 g/mol. The van der Waals surface area contributed by atoms with E-state index in [1.54, 1.807) is 12.1 Å². The Bertz CT molecular complexity index is 439. The molecule has 0 saturated heterocycles. The van der Waals surface area contributed by atoms with E-state index in [1.807, 2.05) is 0 Å². The summed E-state index contributed by atoms with van der Waals surface area (Å²) in [6.45, 7) is 3.02. The molecule has 1 fully saturated rings. The highest BCUT2D eigenvalue weighted by Gasteiger charge is 2.40. The largest absolute Gasteiger partial charge is 0.478 e. The summed E-state index contributed by atoms with van der Waals surface area (Å²) in [7, 11) is 0. The van der Waals surface area contributed by atoms with Crippen LogP contribution in [-0.4, -0.2) is 17.6 Å². The third-order valence-corrected chi connectivity index (χ3v) is 3.63. The van der Waals surface area contributed by atoms with Crippen LogP contribution in [0.3, 0.4) is 0 Å². The number of hydrogen-bond acceptors (Lipinski definition) is 3. The van der Waals surface area contributed by atoms with Crippen LogP contribution < -0.4 is 11.1 Å². The molecule has 0 radical (unpaired) electrons. The van der Waals surface area contributed by atoms with Crippen LogP contribution in [0, 0.1) is 5.41 Å². The minimum absolute atomic E-state index is 0.247. The molecule has 0 heterocycles. The topological polar surface area (TPSA) is 75.3 Å². The van der Waals surface area contributed by atoms with Crippen LogP contribution >= 0.6 is 0 Å². The molecule has 1 aliphatic carbocycles. The lowest BCUT2D eigenvalue weighted by Crippen LogP contribution is -2.16. The van der Waals surface area contributed by atoms with Gasteiger partial charge < -0.3 is 16.2 Å². The highest BCUT2D eigenvalue weighted by molar-refractivity contribution is 5.95. The summed E-state index contributed by atoms with van der Waals surface area (Å²) in [5, 5.41) is 12.3. The molecule has 2 rings (SSSR count). The number of anilines is 2. The second-order valence-electron chi connectivity index (χ2n) is 4.82. The lowest BCUT2D eigenvalue weighted by molar-refractivity contribution is 0.0698. The van der Waals surface area contributed by atoms with E-state index < -0.39 is 5.97 Å². The Morgan fingerprint density at radius 1 is 1.53 bits per heavy atom. The lowest BCUT2D eigenvalue weighted by Gasteiger charge is -2.16. The number of carboxylic acid groups (broad SMARTS) is 1. The summed E-state index contributed by atoms with van der Waals surface area (Å²) in [4.78, 5) is 11.1. The number of hydrogen-bond donors (Lipinski definition) is 3. The van der Waals surface area contributed by atoms with E-state index >= 15 is 0 Å². The van der Waals surface area contributed by atoms with Gasteiger partial charge in [-0.1, -0.05) is 6.92 Å². The molecule has 0 aromatic heterocycles. The molecule has 0 atom stereocenters. The average molecular weight is 234 g/mol. The first-order valence-electron chi connectivity index (χ1n) is 5.93. The van der Waals surface area contributed by atoms with Gasteiger partial charge >= 0.3 is 5.97 Å². The van der Waals surface area contributed by atoms with E-state index in [1.165, 1.54) is 18.9 Å². The van der Waals surface area contributed by atoms with E-state index in [2.05, 4.69) is 12.2 Å². The second-order valence-corrected chi connectivity index (χ2v) is 4.82. The number of benzene rings is 1. The van der Waals surface area contributed by atoms with E-state index in [0.717, 1.165) is 13.0 Å². The molecule has 0 aliphatic heterocycles. The molecule has 0 unspecified atom stereocenters. The summed E-state index contributed by atoms with van der Waals surface area (Å²) in [5.41, 5.74) is 7.36. The van der Waals surface area contributed by atoms with Gasteiger partial charge in [-0.05, 0) is 42.9 Å². The quantitative estimate of drug-likeness (QED) is 0.684. The summed E-state index contributed by atoms with van der Waals surface area (Å²) >= 11 is 0. The Morgan fingerprint density at radius 2 is 2.24 bits per heavy atom. The van der Waals surface area contributed by atoms with E-state index in [4.69, 9.17) is 10.8 Å². The number of nitrogens with two attached hydrogens (primary N) is 1. The molecule has 1 aromatic rings. The van der Waals surface area contributed by atoms with Crippen LogP contribution in [0.15, 0.2) is 18.2 Å². The maximum absolute atomic E-state index is 11.1. The van der Waals surface area contributed by atoms with Crippen LogP contribution in [0.25, 0.3) is 0 Å². The number of aromatic carboxylic acids is 1. The van der Waals surface area contributed by atoms with Crippen molar-refractivity contribution in [3.05, 3.63) is 23.8 Å². The van der Waals surface area contributed by atoms with Crippen molar-refractivity contribution in [2.75, 3.05) is 17.6 Å². The zero-order valence-corrected chi connectivity index (χ0v) is 9.99. The Balaban J connectivity index is 2.12. The van der Waals surface area contributed by atoms with E-state index in [0.29, 0.717) is 16.8 Å². The van der Waals surface area contributed by atoms with Crippen LogP contribution in [0.4, 0.5) is 11.4 Å². The first-order valence-corrected chi connectivity index (χ1v) is 5.93. The molecule has 0 amide bonds. The fourth-order valence-electron chi connectivity index (χ4n) is 2.01. The van der Waals surface area contributed by atoms with Gasteiger partial charge in [0.2, 0.25) is 0 Å². The number of carboxylic acids is 1. The maximum atomic E-state index is 11.1. The van der Waals surface area contributed by atoms with Gasteiger partial charge in [0.15, 0.2) is 0 Å². The minimum Gasteiger partial charge on any atom is -0.478 e. The zero-order chi connectivity index (χ0) is 12.5. The van der Waals surface area contributed by atoms with Gasteiger partial charge in [0.1, 0.15) is 0 Å². The van der Waals surface area contributed by atoms with Gasteiger partial charge in [-0.15, -0.1) is 0 Å². The summed E-state index contributed by atoms with van der Waals surface area (Å²) in [6, 6.07) is 4.96. The number of rotatable bonds is 5. The zero-order valence-electron chi connectivity index (χ0n) is 9.99. The molecule has 92 valence electrons. The van der Waals surface area contributed by atoms with Crippen molar-refractivity contribution in [2.24, 2.45) is 5.41 Å². The van der Waals surface area contributed by atoms with Crippen molar-refractivity contribution in [2.45, 2.75) is 26.2 Å². The number of nitrogen functional groups attached to an aromatic ring is 1. The smallest absolute Gasteiger partial charge is 0.337 e. The third-order valence-electron chi connectivity index (χ3n) is 3.63. The predicted octanol–water partition coefficient (Wildman–Crippen LogP) is 2.57. The molecule has 17 heavy (non-hydrogen) atoms. The van der Waals surface area contributed by atoms with Crippen molar-refractivity contribution in [1.82, 2.24) is 0 Å². The SMILES string of the molecule is CCC1(CNc2ccc(N)cc2C(=O)O)CC1. The average Bonchev–Trinajstić information content (AvgIpc) is 3.08. The summed E-state index contributed by atoms with van der Waals surface area (Å²) in [5.74, 6) is -0.943. The highest BCUT2D eigenvalue weighted by atomic mass is 16.4. The van der Waals surface area contributed by atoms with Gasteiger partial charge in [-0.25, -0.2) is 4.79 Å². The van der Waals surface area contributed by atoms with Gasteiger partial charge in [-0.2, -0.15) is 0 Å². The van der Waals surface area contributed by atoms with Crippen LogP contribution in [0.2, 0.25) is 0 Å². The molecule has 1 aromatic carbocycles. The fourth-order valence-corrected chi connectivity index (χ4v) is 2.01. The first kappa shape index (κ1) is 11.8. The van der Waals surface area contributed by atoms with Crippen molar-refractivity contribution < 1.29 is 9.90 Å². The monoisotopic (exact) mass is 234 g/mol. The molecule has 4 N–H and O–H groups in total. The summed E-state index contributed by atoms with van der Waals surface area (Å²) < 4.78 is 0. The normalized spacial score (nSPS) is 16.5. The summed E-state index contributed by atoms with van der Waals surface area (Å²) in [6.07, 6.45) is 3.60. The van der Waals surface area contributed by atoms with Crippen molar-refractivity contribution in [3.8, 4) is 0 Å². The first-order chi connectivity index (χ1) is 8.06. The molecule has 0 spiro atoms. The second kappa shape index (κ2) is 4.28. The number of nitrogens with one attached hydrogen (secondary N) is 1. The van der Waals surface area contributed by atoms with Gasteiger partial charge in [0.25, 0.3) is 0 Å². The van der Waals surface area contributed by atoms with Crippen molar-refractivity contribution in [1.29, 1.82) is 0 Å². The van der Waals surface area contributed by atoms with E-state index in [9.17, 15) is 4.79 Å². The standard InChI is InChI=1S/C13H18N2O2/c1-2-13(5-6-13)8-15-11-4-3-9(14)7-10(11)12(16)17/h3-4,7,15H,2,5-6,8,14H2,1H3,(H,16,17). The lowest BCUT2D eigenvalue weighted by atomic mass is 10.0. The van der Waals surface area contributed by atoms with Crippen LogP contribution in [0.1, 0.15) is 36.5 Å². The molecule has 1 saturated carbocycles. The fraction of sp³-hybridized carbons (Fsp3) is 0.462. The maximum Gasteiger partial charge on any atom is 0.337 e. The molecule has 4 nitrogen and oxygen atoms in total. The van der Waals surface area contributed by atoms with Gasteiger partial charge in [0.05, 0.1) is 5.56 Å². The molecule has 4 heteroatoms. The van der Waals surface area contributed by atoms with Gasteiger partial charge in [0, 0.05) is 17.9 Å². The molecule has 0 bridgehead atoms. The number of carbonyl (C=O) groups is 1. The van der Waals surface area contributed by atoms with Gasteiger partial charge in [-0.3, -0.25) is 0 Å². The highest BCUT2D eigenvalue weighted by Crippen LogP contribution is 2.48. The Morgan fingerprint density at radius 3 is 2.76 bits per heavy atom. The predicted molar refractivity (Wildman–Crippen MR) is 68.3 cm³/mol. The van der Waals surface area contributed by atoms with Crippen LogP contribution in [0.5, 0.6) is 0 Å². The van der Waals surface area contributed by atoms with Crippen molar-refractivity contribution in [3.63, 3.8) is 0 Å². The Kier molecular flexibility index (Phi) is 2.96. The van der Waals surface area contributed by atoms with Crippen LogP contribution in [-0.2, 0) is 0 Å². The Hall–Kier alpha value is -1.71. The molecular formula is C13H18N2O2. The molecule has 1 aliphatic rings. The van der Waals surface area contributed by atoms with Crippen molar-refractivity contribution >= 4 is 17.3 Å². The Labute approximate surface area is 101 Å². The van der Waals surface area contributed by atoms with E-state index in [-0.39, 0.29) is 5.56 Å². The third kappa shape index (κ3) is 2.52. The minimum atomic E-state index is -0.943.